The summed E-state index contributed by atoms with van der Waals surface area (Å²) in [7, 11) is 4.64. The predicted octanol–water partition coefficient (Wildman–Crippen LogP) is 1.37. The van der Waals surface area contributed by atoms with Gasteiger partial charge in [0.25, 0.3) is 0 Å². The van der Waals surface area contributed by atoms with Gasteiger partial charge in [-0.1, -0.05) is 0 Å². The topological polar surface area (TPSA) is 58.9 Å². The number of ether oxygens (including phenoxy) is 3. The normalized spacial score (nSPS) is 13.4. The van der Waals surface area contributed by atoms with Crippen LogP contribution in [0.15, 0.2) is 12.3 Å². The van der Waals surface area contributed by atoms with E-state index < -0.39 is 0 Å². The molecule has 0 spiro atoms. The molecule has 0 saturated carbocycles. The highest BCUT2D eigenvalue weighted by atomic mass is 16.5. The molecule has 0 aromatic heterocycles. The first-order chi connectivity index (χ1) is 8.71. The highest BCUT2D eigenvalue weighted by molar-refractivity contribution is 5.85. The first kappa shape index (κ1) is 12.3. The van der Waals surface area contributed by atoms with E-state index in [1.165, 1.54) is 6.20 Å². The summed E-state index contributed by atoms with van der Waals surface area (Å²) in [5.41, 5.74) is 1.61. The molecule has 95 valence electrons. The van der Waals surface area contributed by atoms with Crippen molar-refractivity contribution in [1.29, 1.82) is 0 Å². The maximum absolute atomic E-state index is 11.5. The lowest BCUT2D eigenvalue weighted by Crippen LogP contribution is -2.11. The second kappa shape index (κ2) is 5.00. The quantitative estimate of drug-likeness (QED) is 0.810. The molecule has 0 aliphatic carbocycles. The van der Waals surface area contributed by atoms with E-state index in [4.69, 9.17) is 14.2 Å². The van der Waals surface area contributed by atoms with Gasteiger partial charge >= 0.3 is 0 Å². The Bertz CT molecular complexity index is 508. The molecule has 18 heavy (non-hydrogen) atoms. The van der Waals surface area contributed by atoms with E-state index >= 15 is 0 Å². The zero-order valence-corrected chi connectivity index (χ0v) is 10.5. The SMILES string of the molecule is COc1cc2c(c(OC)c1OC)C=C[N]C(=O)C2. The second-order valence-electron chi connectivity index (χ2n) is 3.73. The Morgan fingerprint density at radius 1 is 1.11 bits per heavy atom. The van der Waals surface area contributed by atoms with Gasteiger partial charge in [-0.3, -0.25) is 4.79 Å². The van der Waals surface area contributed by atoms with Crippen molar-refractivity contribution in [2.24, 2.45) is 0 Å². The number of fused-ring (bicyclic) bond motifs is 1. The van der Waals surface area contributed by atoms with Gasteiger partial charge in [0.2, 0.25) is 11.7 Å². The van der Waals surface area contributed by atoms with E-state index in [2.05, 4.69) is 5.32 Å². The van der Waals surface area contributed by atoms with Crippen LogP contribution in [0.3, 0.4) is 0 Å². The van der Waals surface area contributed by atoms with Gasteiger partial charge in [0.15, 0.2) is 11.5 Å². The maximum Gasteiger partial charge on any atom is 0.250 e. The Hall–Kier alpha value is -2.17. The third kappa shape index (κ3) is 1.99. The van der Waals surface area contributed by atoms with Gasteiger partial charge < -0.3 is 14.2 Å². The molecule has 0 saturated heterocycles. The smallest absolute Gasteiger partial charge is 0.250 e. The molecular formula is C13H14NO4. The Morgan fingerprint density at radius 2 is 1.83 bits per heavy atom. The monoisotopic (exact) mass is 248 g/mol. The molecule has 0 fully saturated rings. The second-order valence-corrected chi connectivity index (χ2v) is 3.73. The maximum atomic E-state index is 11.5. The van der Waals surface area contributed by atoms with E-state index in [0.717, 1.165) is 11.1 Å². The van der Waals surface area contributed by atoms with Crippen molar-refractivity contribution in [3.05, 3.63) is 23.4 Å². The van der Waals surface area contributed by atoms with Crippen LogP contribution in [0.2, 0.25) is 0 Å². The molecule has 5 nitrogen and oxygen atoms in total. The Morgan fingerprint density at radius 3 is 2.44 bits per heavy atom. The summed E-state index contributed by atoms with van der Waals surface area (Å²) >= 11 is 0. The minimum absolute atomic E-state index is 0.195. The number of methoxy groups -OCH3 is 3. The lowest BCUT2D eigenvalue weighted by atomic mass is 10.0. The molecule has 1 aromatic rings. The van der Waals surface area contributed by atoms with Crippen LogP contribution in [0.1, 0.15) is 11.1 Å². The minimum Gasteiger partial charge on any atom is -0.493 e. The van der Waals surface area contributed by atoms with Gasteiger partial charge in [-0.05, 0) is 17.7 Å². The van der Waals surface area contributed by atoms with E-state index in [0.29, 0.717) is 17.2 Å². The number of nitrogens with zero attached hydrogens (tertiary/aromatic N) is 1. The summed E-state index contributed by atoms with van der Waals surface area (Å²) in [5, 5.41) is 3.77. The van der Waals surface area contributed by atoms with Crippen molar-refractivity contribution in [3.8, 4) is 17.2 Å². The fraction of sp³-hybridized carbons (Fsp3) is 0.308. The van der Waals surface area contributed by atoms with Crippen LogP contribution >= 0.6 is 0 Å². The van der Waals surface area contributed by atoms with Crippen molar-refractivity contribution in [1.82, 2.24) is 5.32 Å². The fourth-order valence-corrected chi connectivity index (χ4v) is 1.96. The first-order valence-electron chi connectivity index (χ1n) is 5.43. The van der Waals surface area contributed by atoms with E-state index in [9.17, 15) is 4.79 Å². The zero-order chi connectivity index (χ0) is 13.1. The van der Waals surface area contributed by atoms with E-state index in [1.54, 1.807) is 33.5 Å². The number of amides is 1. The number of benzene rings is 1. The minimum atomic E-state index is -0.195. The summed E-state index contributed by atoms with van der Waals surface area (Å²) in [6.45, 7) is 0. The van der Waals surface area contributed by atoms with Gasteiger partial charge in [0.05, 0.1) is 27.8 Å². The van der Waals surface area contributed by atoms with Crippen molar-refractivity contribution in [3.63, 3.8) is 0 Å². The molecule has 0 unspecified atom stereocenters. The fourth-order valence-electron chi connectivity index (χ4n) is 1.96. The Balaban J connectivity index is 2.67. The zero-order valence-electron chi connectivity index (χ0n) is 10.5. The number of rotatable bonds is 3. The molecule has 0 bridgehead atoms. The standard InChI is InChI=1S/C13H14NO4/c1-16-10-6-8-7-11(15)14-5-4-9(8)12(17-2)13(10)18-3/h4-6H,7H2,1-3H3. The number of carbonyl (C=O) groups is 1. The Kier molecular flexibility index (Phi) is 3.41. The van der Waals surface area contributed by atoms with Crippen molar-refractivity contribution >= 4 is 12.0 Å². The number of hydrogen-bond donors (Lipinski definition) is 0. The third-order valence-corrected chi connectivity index (χ3v) is 2.76. The average Bonchev–Trinajstić information content (AvgIpc) is 2.56. The summed E-state index contributed by atoms with van der Waals surface area (Å²) in [6, 6.07) is 1.78. The van der Waals surface area contributed by atoms with Gasteiger partial charge in [0.1, 0.15) is 0 Å². The molecule has 1 amide bonds. The molecule has 1 radical (unpaired) electrons. The summed E-state index contributed by atoms with van der Waals surface area (Å²) < 4.78 is 15.9. The molecule has 0 N–H and O–H groups in total. The molecule has 1 aromatic carbocycles. The molecular weight excluding hydrogens is 234 g/mol. The highest BCUT2D eigenvalue weighted by Crippen LogP contribution is 2.43. The number of hydrogen-bond acceptors (Lipinski definition) is 4. The van der Waals surface area contributed by atoms with Crippen LogP contribution < -0.4 is 19.5 Å². The third-order valence-electron chi connectivity index (χ3n) is 2.76. The summed E-state index contributed by atoms with van der Waals surface area (Å²) in [5.74, 6) is 1.40. The summed E-state index contributed by atoms with van der Waals surface area (Å²) in [4.78, 5) is 11.5. The molecule has 5 heteroatoms. The van der Waals surface area contributed by atoms with Gasteiger partial charge in [-0.2, -0.15) is 0 Å². The average molecular weight is 248 g/mol. The predicted molar refractivity (Wildman–Crippen MR) is 66.0 cm³/mol. The Labute approximate surface area is 105 Å². The number of carbonyl (C=O) groups excluding carboxylic acids is 1. The van der Waals surface area contributed by atoms with Crippen molar-refractivity contribution < 1.29 is 19.0 Å². The van der Waals surface area contributed by atoms with Crippen LogP contribution in [0.4, 0.5) is 0 Å². The molecule has 2 rings (SSSR count). The molecule has 1 heterocycles. The first-order valence-corrected chi connectivity index (χ1v) is 5.43. The van der Waals surface area contributed by atoms with Gasteiger partial charge in [-0.25, -0.2) is 5.32 Å². The largest absolute Gasteiger partial charge is 0.493 e. The molecule has 1 aliphatic heterocycles. The van der Waals surface area contributed by atoms with E-state index in [1.807, 2.05) is 0 Å². The molecule has 0 atom stereocenters. The van der Waals surface area contributed by atoms with Crippen LogP contribution in [0.25, 0.3) is 6.08 Å². The van der Waals surface area contributed by atoms with Crippen LogP contribution in [-0.4, -0.2) is 27.2 Å². The summed E-state index contributed by atoms with van der Waals surface area (Å²) in [6.07, 6.45) is 3.43. The van der Waals surface area contributed by atoms with Gasteiger partial charge in [0, 0.05) is 11.8 Å². The van der Waals surface area contributed by atoms with Gasteiger partial charge in [-0.15, -0.1) is 0 Å². The molecule has 1 aliphatic rings. The lowest BCUT2D eigenvalue weighted by molar-refractivity contribution is -0.119. The van der Waals surface area contributed by atoms with Crippen LogP contribution in [-0.2, 0) is 11.2 Å². The highest BCUT2D eigenvalue weighted by Gasteiger charge is 2.22. The van der Waals surface area contributed by atoms with Crippen LogP contribution in [0.5, 0.6) is 17.2 Å². The van der Waals surface area contributed by atoms with Crippen molar-refractivity contribution in [2.75, 3.05) is 21.3 Å². The van der Waals surface area contributed by atoms with E-state index in [-0.39, 0.29) is 12.3 Å². The van der Waals surface area contributed by atoms with Crippen LogP contribution in [0, 0.1) is 0 Å². The van der Waals surface area contributed by atoms with Crippen molar-refractivity contribution in [2.45, 2.75) is 6.42 Å². The lowest BCUT2D eigenvalue weighted by Gasteiger charge is -2.16.